The van der Waals surface area contributed by atoms with E-state index >= 15 is 0 Å². The molecule has 1 aromatic rings. The Labute approximate surface area is 115 Å². The molecule has 0 N–H and O–H groups in total. The van der Waals surface area contributed by atoms with Crippen LogP contribution < -0.4 is 4.90 Å². The number of halogens is 1. The van der Waals surface area contributed by atoms with E-state index in [4.69, 9.17) is 0 Å². The Bertz CT molecular complexity index is 429. The predicted octanol–water partition coefficient (Wildman–Crippen LogP) is 4.43. The molecule has 106 valence electrons. The largest absolute Gasteiger partial charge is 0.368 e. The van der Waals surface area contributed by atoms with E-state index < -0.39 is 5.82 Å². The number of Topliss-reactive ketones (excluding diaryl/α,β-unsaturated/α-hetero) is 1. The minimum Gasteiger partial charge on any atom is -0.368 e. The van der Waals surface area contributed by atoms with Crippen molar-refractivity contribution in [3.05, 3.63) is 29.6 Å². The van der Waals surface area contributed by atoms with Gasteiger partial charge in [0.1, 0.15) is 5.82 Å². The van der Waals surface area contributed by atoms with Crippen LogP contribution in [0.2, 0.25) is 0 Å². The van der Waals surface area contributed by atoms with Crippen LogP contribution in [0.15, 0.2) is 18.2 Å². The van der Waals surface area contributed by atoms with Crippen molar-refractivity contribution in [3.63, 3.8) is 0 Å². The maximum Gasteiger partial charge on any atom is 0.164 e. The minimum atomic E-state index is -0.425. The highest BCUT2D eigenvalue weighted by atomic mass is 19.1. The molecular formula is C16H24FNO. The van der Waals surface area contributed by atoms with Gasteiger partial charge in [-0.25, -0.2) is 4.39 Å². The van der Waals surface area contributed by atoms with Gasteiger partial charge in [0.25, 0.3) is 0 Å². The van der Waals surface area contributed by atoms with Gasteiger partial charge in [-0.2, -0.15) is 0 Å². The fourth-order valence-corrected chi connectivity index (χ4v) is 2.29. The molecule has 2 nitrogen and oxygen atoms in total. The molecule has 0 atom stereocenters. The van der Waals surface area contributed by atoms with Crippen LogP contribution in [-0.2, 0) is 0 Å². The van der Waals surface area contributed by atoms with Gasteiger partial charge < -0.3 is 4.90 Å². The molecule has 0 bridgehead atoms. The third-order valence-electron chi connectivity index (χ3n) is 3.28. The molecule has 0 heterocycles. The van der Waals surface area contributed by atoms with Crippen LogP contribution in [0.4, 0.5) is 10.1 Å². The van der Waals surface area contributed by atoms with Gasteiger partial charge in [-0.1, -0.05) is 25.8 Å². The lowest BCUT2D eigenvalue weighted by atomic mass is 10.1. The van der Waals surface area contributed by atoms with Crippen molar-refractivity contribution >= 4 is 11.5 Å². The number of unbranched alkanes of at least 4 members (excludes halogenated alkanes) is 2. The molecule has 0 saturated heterocycles. The lowest BCUT2D eigenvalue weighted by Gasteiger charge is -2.30. The zero-order valence-electron chi connectivity index (χ0n) is 12.4. The maximum atomic E-state index is 13.9. The lowest BCUT2D eigenvalue weighted by molar-refractivity contribution is 0.101. The monoisotopic (exact) mass is 265 g/mol. The summed E-state index contributed by atoms with van der Waals surface area (Å²) in [7, 11) is 0. The van der Waals surface area contributed by atoms with Crippen molar-refractivity contribution in [1.29, 1.82) is 0 Å². The first-order valence-corrected chi connectivity index (χ1v) is 7.05. The minimum absolute atomic E-state index is 0.214. The Balaban J connectivity index is 3.08. The molecule has 0 spiro atoms. The molecule has 0 radical (unpaired) electrons. The normalized spacial score (nSPS) is 10.8. The molecule has 0 aliphatic carbocycles. The number of hydrogen-bond acceptors (Lipinski definition) is 2. The summed E-state index contributed by atoms with van der Waals surface area (Å²) in [6.45, 7) is 8.58. The number of carbonyl (C=O) groups excluding carboxylic acids is 1. The average Bonchev–Trinajstić information content (AvgIpc) is 2.33. The zero-order chi connectivity index (χ0) is 14.4. The van der Waals surface area contributed by atoms with E-state index in [9.17, 15) is 9.18 Å². The van der Waals surface area contributed by atoms with Crippen LogP contribution >= 0.6 is 0 Å². The Morgan fingerprint density at radius 2 is 2.00 bits per heavy atom. The summed E-state index contributed by atoms with van der Waals surface area (Å²) in [5.74, 6) is -0.639. The van der Waals surface area contributed by atoms with Crippen molar-refractivity contribution in [1.82, 2.24) is 0 Å². The molecule has 19 heavy (non-hydrogen) atoms. The average molecular weight is 265 g/mol. The topological polar surface area (TPSA) is 20.3 Å². The van der Waals surface area contributed by atoms with Gasteiger partial charge in [0.15, 0.2) is 5.78 Å². The van der Waals surface area contributed by atoms with Gasteiger partial charge in [0.05, 0.1) is 11.3 Å². The van der Waals surface area contributed by atoms with E-state index in [1.54, 1.807) is 6.07 Å². The predicted molar refractivity (Wildman–Crippen MR) is 78.4 cm³/mol. The van der Waals surface area contributed by atoms with Gasteiger partial charge in [0.2, 0.25) is 0 Å². The second-order valence-corrected chi connectivity index (χ2v) is 5.18. The Kier molecular flexibility index (Phi) is 6.00. The Morgan fingerprint density at radius 1 is 1.32 bits per heavy atom. The number of nitrogens with zero attached hydrogens (tertiary/aromatic N) is 1. The van der Waals surface area contributed by atoms with Crippen LogP contribution in [-0.4, -0.2) is 18.4 Å². The summed E-state index contributed by atoms with van der Waals surface area (Å²) in [6, 6.07) is 5.11. The van der Waals surface area contributed by atoms with Crippen LogP contribution in [0.5, 0.6) is 0 Å². The molecule has 1 aromatic carbocycles. The Hall–Kier alpha value is -1.38. The first kappa shape index (κ1) is 15.7. The highest BCUT2D eigenvalue weighted by Crippen LogP contribution is 2.26. The van der Waals surface area contributed by atoms with Gasteiger partial charge in [-0.15, -0.1) is 0 Å². The third kappa shape index (κ3) is 4.05. The van der Waals surface area contributed by atoms with Crippen molar-refractivity contribution in [3.8, 4) is 0 Å². The van der Waals surface area contributed by atoms with Gasteiger partial charge in [-0.3, -0.25) is 4.79 Å². The SMILES string of the molecule is CCCCCN(c1cccc(F)c1C(C)=O)C(C)C. The number of rotatable bonds is 7. The zero-order valence-corrected chi connectivity index (χ0v) is 12.4. The molecule has 0 saturated carbocycles. The highest BCUT2D eigenvalue weighted by molar-refractivity contribution is 6.00. The van der Waals surface area contributed by atoms with Crippen LogP contribution in [0.1, 0.15) is 57.3 Å². The standard InChI is InChI=1S/C16H24FNO/c1-5-6-7-11-18(12(2)3)15-10-8-9-14(17)16(15)13(4)19/h8-10,12H,5-7,11H2,1-4H3. The summed E-state index contributed by atoms with van der Waals surface area (Å²) in [6.07, 6.45) is 3.35. The van der Waals surface area contributed by atoms with Gasteiger partial charge in [0, 0.05) is 12.6 Å². The second-order valence-electron chi connectivity index (χ2n) is 5.18. The van der Waals surface area contributed by atoms with Crippen molar-refractivity contribution in [2.75, 3.05) is 11.4 Å². The van der Waals surface area contributed by atoms with Gasteiger partial charge in [-0.05, 0) is 39.3 Å². The molecule has 0 unspecified atom stereocenters. The smallest absolute Gasteiger partial charge is 0.164 e. The Morgan fingerprint density at radius 3 is 2.53 bits per heavy atom. The quantitative estimate of drug-likeness (QED) is 0.537. The molecule has 0 amide bonds. The fourth-order valence-electron chi connectivity index (χ4n) is 2.29. The highest BCUT2D eigenvalue weighted by Gasteiger charge is 2.19. The van der Waals surface area contributed by atoms with Crippen molar-refractivity contribution in [2.24, 2.45) is 0 Å². The van der Waals surface area contributed by atoms with E-state index in [1.165, 1.54) is 13.0 Å². The molecule has 1 rings (SSSR count). The first-order valence-electron chi connectivity index (χ1n) is 7.05. The molecule has 0 aliphatic rings. The van der Waals surface area contributed by atoms with E-state index in [-0.39, 0.29) is 17.4 Å². The van der Waals surface area contributed by atoms with Crippen molar-refractivity contribution in [2.45, 2.75) is 53.0 Å². The number of benzene rings is 1. The number of anilines is 1. The van der Waals surface area contributed by atoms with Crippen LogP contribution in [0, 0.1) is 5.82 Å². The van der Waals surface area contributed by atoms with Gasteiger partial charge >= 0.3 is 0 Å². The molecule has 0 aliphatic heterocycles. The number of ketones is 1. The first-order chi connectivity index (χ1) is 8.99. The fraction of sp³-hybridized carbons (Fsp3) is 0.562. The van der Waals surface area contributed by atoms with E-state index in [2.05, 4.69) is 25.7 Å². The summed E-state index contributed by atoms with van der Waals surface area (Å²) < 4.78 is 13.9. The second kappa shape index (κ2) is 7.27. The summed E-state index contributed by atoms with van der Waals surface area (Å²) in [4.78, 5) is 13.8. The van der Waals surface area contributed by atoms with Crippen LogP contribution in [0.3, 0.4) is 0 Å². The van der Waals surface area contributed by atoms with E-state index in [1.807, 2.05) is 6.07 Å². The summed E-state index contributed by atoms with van der Waals surface area (Å²) >= 11 is 0. The van der Waals surface area contributed by atoms with Crippen molar-refractivity contribution < 1.29 is 9.18 Å². The number of carbonyl (C=O) groups is 1. The van der Waals surface area contributed by atoms with E-state index in [0.29, 0.717) is 0 Å². The van der Waals surface area contributed by atoms with E-state index in [0.717, 1.165) is 31.5 Å². The molecular weight excluding hydrogens is 241 g/mol. The molecule has 0 aromatic heterocycles. The molecule has 3 heteroatoms. The van der Waals surface area contributed by atoms with Crippen LogP contribution in [0.25, 0.3) is 0 Å². The summed E-state index contributed by atoms with van der Waals surface area (Å²) in [5.41, 5.74) is 0.936. The molecule has 0 fully saturated rings. The third-order valence-corrected chi connectivity index (χ3v) is 3.28. The number of hydrogen-bond donors (Lipinski definition) is 0. The summed E-state index contributed by atoms with van der Waals surface area (Å²) in [5, 5.41) is 0. The lowest BCUT2D eigenvalue weighted by Crippen LogP contribution is -2.33. The maximum absolute atomic E-state index is 13.9.